The molecule has 90 valence electrons. The first-order valence-electron chi connectivity index (χ1n) is 5.64. The van der Waals surface area contributed by atoms with Gasteiger partial charge in [-0.15, -0.1) is 5.10 Å². The van der Waals surface area contributed by atoms with Crippen LogP contribution in [0.5, 0.6) is 0 Å². The predicted molar refractivity (Wildman–Crippen MR) is 65.5 cm³/mol. The van der Waals surface area contributed by atoms with E-state index in [-0.39, 0.29) is 0 Å². The van der Waals surface area contributed by atoms with E-state index in [1.165, 1.54) is 11.1 Å². The van der Waals surface area contributed by atoms with Crippen LogP contribution >= 0.6 is 0 Å². The molecule has 0 aliphatic heterocycles. The third-order valence-electron chi connectivity index (χ3n) is 2.63. The minimum absolute atomic E-state index is 0.588. The van der Waals surface area contributed by atoms with Crippen LogP contribution in [0.4, 0.5) is 0 Å². The molecule has 0 atom stereocenters. The van der Waals surface area contributed by atoms with Gasteiger partial charge in [0.1, 0.15) is 11.3 Å². The fourth-order valence-corrected chi connectivity index (χ4v) is 1.54. The van der Waals surface area contributed by atoms with Crippen LogP contribution < -0.4 is 0 Å². The zero-order valence-corrected chi connectivity index (χ0v) is 10.4. The molecule has 1 N–H and O–H groups in total. The van der Waals surface area contributed by atoms with Crippen molar-refractivity contribution in [1.29, 1.82) is 0 Å². The maximum atomic E-state index is 9.79. The molecule has 0 amide bonds. The van der Waals surface area contributed by atoms with Crippen molar-refractivity contribution >= 4 is 0 Å². The van der Waals surface area contributed by atoms with Crippen molar-refractivity contribution < 1.29 is 5.11 Å². The predicted octanol–water partition coefficient (Wildman–Crippen LogP) is 1.86. The van der Waals surface area contributed by atoms with Gasteiger partial charge in [0.15, 0.2) is 0 Å². The summed E-state index contributed by atoms with van der Waals surface area (Å²) in [4.78, 5) is 0. The number of aromatic nitrogens is 3. The van der Waals surface area contributed by atoms with Gasteiger partial charge in [-0.1, -0.05) is 35.0 Å². The third-order valence-corrected chi connectivity index (χ3v) is 2.63. The number of benzene rings is 1. The zero-order chi connectivity index (χ0) is 12.5. The van der Waals surface area contributed by atoms with E-state index in [4.69, 9.17) is 0 Å². The quantitative estimate of drug-likeness (QED) is 0.877. The summed E-state index contributed by atoms with van der Waals surface area (Å²) >= 11 is 0. The first-order valence-corrected chi connectivity index (χ1v) is 5.64. The molecule has 0 unspecified atom stereocenters. The van der Waals surface area contributed by atoms with E-state index in [1.807, 2.05) is 0 Å². The molecule has 0 saturated heterocycles. The molecule has 0 saturated carbocycles. The Kier molecular flexibility index (Phi) is 2.98. The van der Waals surface area contributed by atoms with Crippen molar-refractivity contribution in [2.75, 3.05) is 0 Å². The smallest absolute Gasteiger partial charge is 0.114 e. The zero-order valence-electron chi connectivity index (χ0n) is 10.4. The molecule has 17 heavy (non-hydrogen) atoms. The van der Waals surface area contributed by atoms with Gasteiger partial charge in [0.25, 0.3) is 0 Å². The van der Waals surface area contributed by atoms with Gasteiger partial charge in [0.2, 0.25) is 0 Å². The Morgan fingerprint density at radius 1 is 1.24 bits per heavy atom. The topological polar surface area (TPSA) is 50.9 Å². The van der Waals surface area contributed by atoms with Gasteiger partial charge in [-0.05, 0) is 26.3 Å². The highest BCUT2D eigenvalue weighted by Crippen LogP contribution is 2.16. The highest BCUT2D eigenvalue weighted by molar-refractivity contribution is 5.21. The minimum atomic E-state index is -0.939. The van der Waals surface area contributed by atoms with Crippen LogP contribution in [0.25, 0.3) is 0 Å². The largest absolute Gasteiger partial charge is 0.384 e. The second-order valence-corrected chi connectivity index (χ2v) is 4.85. The lowest BCUT2D eigenvalue weighted by Gasteiger charge is -2.11. The third kappa shape index (κ3) is 2.91. The van der Waals surface area contributed by atoms with Crippen molar-refractivity contribution in [3.8, 4) is 0 Å². The number of hydrogen-bond donors (Lipinski definition) is 1. The lowest BCUT2D eigenvalue weighted by atomic mass is 10.1. The average Bonchev–Trinajstić information content (AvgIpc) is 2.69. The van der Waals surface area contributed by atoms with Crippen molar-refractivity contribution in [1.82, 2.24) is 15.0 Å². The SMILES string of the molecule is Cc1ccc(Cn2cc(C(C)(C)O)nn2)cc1. The fraction of sp³-hybridized carbons (Fsp3) is 0.385. The fourth-order valence-electron chi connectivity index (χ4n) is 1.54. The molecule has 4 heteroatoms. The Hall–Kier alpha value is -1.68. The lowest BCUT2D eigenvalue weighted by molar-refractivity contribution is 0.0737. The minimum Gasteiger partial charge on any atom is -0.384 e. The van der Waals surface area contributed by atoms with Crippen LogP contribution in [-0.4, -0.2) is 20.1 Å². The summed E-state index contributed by atoms with van der Waals surface area (Å²) in [5.41, 5.74) is 2.06. The normalized spacial score (nSPS) is 11.8. The summed E-state index contributed by atoms with van der Waals surface area (Å²) in [6, 6.07) is 8.29. The Balaban J connectivity index is 2.14. The standard InChI is InChI=1S/C13H17N3O/c1-10-4-6-11(7-5-10)8-16-9-12(14-15-16)13(2,3)17/h4-7,9,17H,8H2,1-3H3. The summed E-state index contributed by atoms with van der Waals surface area (Å²) in [5.74, 6) is 0. The summed E-state index contributed by atoms with van der Waals surface area (Å²) in [6.07, 6.45) is 1.78. The molecule has 1 heterocycles. The van der Waals surface area contributed by atoms with E-state index in [0.717, 1.165) is 0 Å². The van der Waals surface area contributed by atoms with Gasteiger partial charge >= 0.3 is 0 Å². The second kappa shape index (κ2) is 4.30. The number of rotatable bonds is 3. The van der Waals surface area contributed by atoms with Crippen molar-refractivity contribution in [2.24, 2.45) is 0 Å². The maximum absolute atomic E-state index is 9.79. The molecule has 0 radical (unpaired) electrons. The van der Waals surface area contributed by atoms with Gasteiger partial charge in [0, 0.05) is 0 Å². The Morgan fingerprint density at radius 2 is 1.88 bits per heavy atom. The van der Waals surface area contributed by atoms with Crippen LogP contribution in [0.15, 0.2) is 30.5 Å². The molecule has 2 rings (SSSR count). The van der Waals surface area contributed by atoms with Crippen molar-refractivity contribution in [3.63, 3.8) is 0 Å². The van der Waals surface area contributed by atoms with E-state index in [1.54, 1.807) is 24.7 Å². The summed E-state index contributed by atoms with van der Waals surface area (Å²) in [7, 11) is 0. The van der Waals surface area contributed by atoms with Crippen molar-refractivity contribution in [3.05, 3.63) is 47.3 Å². The van der Waals surface area contributed by atoms with Gasteiger partial charge in [-0.3, -0.25) is 0 Å². The van der Waals surface area contributed by atoms with Gasteiger partial charge in [-0.2, -0.15) is 0 Å². The molecule has 4 nitrogen and oxygen atoms in total. The van der Waals surface area contributed by atoms with Crippen LogP contribution in [0.1, 0.15) is 30.7 Å². The van der Waals surface area contributed by atoms with E-state index >= 15 is 0 Å². The van der Waals surface area contributed by atoms with Gasteiger partial charge in [0.05, 0.1) is 12.7 Å². The molecular weight excluding hydrogens is 214 g/mol. The molecule has 1 aromatic carbocycles. The number of nitrogens with zero attached hydrogens (tertiary/aromatic N) is 3. The van der Waals surface area contributed by atoms with Gasteiger partial charge in [-0.25, -0.2) is 4.68 Å². The lowest BCUT2D eigenvalue weighted by Crippen LogP contribution is -2.15. The maximum Gasteiger partial charge on any atom is 0.114 e. The molecule has 1 aromatic heterocycles. The summed E-state index contributed by atoms with van der Waals surface area (Å²) in [6.45, 7) is 6.13. The highest BCUT2D eigenvalue weighted by atomic mass is 16.3. The van der Waals surface area contributed by atoms with E-state index < -0.39 is 5.60 Å². The van der Waals surface area contributed by atoms with E-state index in [0.29, 0.717) is 12.2 Å². The van der Waals surface area contributed by atoms with Crippen LogP contribution in [-0.2, 0) is 12.1 Å². The summed E-state index contributed by atoms with van der Waals surface area (Å²) in [5, 5.41) is 17.8. The van der Waals surface area contributed by atoms with Crippen LogP contribution in [0, 0.1) is 6.92 Å². The molecule has 0 aliphatic carbocycles. The molecule has 0 spiro atoms. The average molecular weight is 231 g/mol. The number of hydrogen-bond acceptors (Lipinski definition) is 3. The summed E-state index contributed by atoms with van der Waals surface area (Å²) < 4.78 is 1.73. The first-order chi connectivity index (χ1) is 7.95. The van der Waals surface area contributed by atoms with Crippen LogP contribution in [0.3, 0.4) is 0 Å². The van der Waals surface area contributed by atoms with E-state index in [2.05, 4.69) is 41.5 Å². The Labute approximate surface area is 101 Å². The molecule has 0 fully saturated rings. The molecule has 2 aromatic rings. The monoisotopic (exact) mass is 231 g/mol. The Morgan fingerprint density at radius 3 is 2.41 bits per heavy atom. The van der Waals surface area contributed by atoms with E-state index in [9.17, 15) is 5.11 Å². The highest BCUT2D eigenvalue weighted by Gasteiger charge is 2.19. The van der Waals surface area contributed by atoms with Gasteiger partial charge < -0.3 is 5.11 Å². The Bertz CT molecular complexity index is 494. The first kappa shape index (κ1) is 11.8. The molecule has 0 bridgehead atoms. The number of aryl methyl sites for hydroxylation is 1. The molecular formula is C13H17N3O. The number of aliphatic hydroxyl groups is 1. The second-order valence-electron chi connectivity index (χ2n) is 4.85. The van der Waals surface area contributed by atoms with Crippen molar-refractivity contribution in [2.45, 2.75) is 32.9 Å². The molecule has 0 aliphatic rings. The van der Waals surface area contributed by atoms with Crippen LogP contribution in [0.2, 0.25) is 0 Å².